The fraction of sp³-hybridized carbons (Fsp3) is 1.00. The summed E-state index contributed by atoms with van der Waals surface area (Å²) in [5.41, 5.74) is 0. The van der Waals surface area contributed by atoms with Gasteiger partial charge in [0.25, 0.3) is 0 Å². The zero-order chi connectivity index (χ0) is 13.3. The van der Waals surface area contributed by atoms with Crippen molar-refractivity contribution in [2.75, 3.05) is 39.5 Å². The van der Waals surface area contributed by atoms with Gasteiger partial charge in [-0.1, -0.05) is 46.0 Å². The highest BCUT2D eigenvalue weighted by atomic mass is 16.5. The molecule has 0 aliphatic carbocycles. The molecule has 110 valence electrons. The van der Waals surface area contributed by atoms with E-state index >= 15 is 0 Å². The molecule has 0 atom stereocenters. The van der Waals surface area contributed by atoms with Crippen LogP contribution in [-0.2, 0) is 9.47 Å². The van der Waals surface area contributed by atoms with Gasteiger partial charge in [0.1, 0.15) is 0 Å². The highest BCUT2D eigenvalue weighted by molar-refractivity contribution is 4.46. The molecular formula is C15H33NO2. The third kappa shape index (κ3) is 15.9. The fourth-order valence-electron chi connectivity index (χ4n) is 1.67. The van der Waals surface area contributed by atoms with Crippen LogP contribution in [0.1, 0.15) is 58.8 Å². The van der Waals surface area contributed by atoms with Crippen molar-refractivity contribution in [1.29, 1.82) is 0 Å². The van der Waals surface area contributed by atoms with Gasteiger partial charge in [-0.2, -0.15) is 0 Å². The van der Waals surface area contributed by atoms with E-state index in [0.717, 1.165) is 39.5 Å². The Hall–Kier alpha value is -0.120. The van der Waals surface area contributed by atoms with Crippen molar-refractivity contribution in [3.63, 3.8) is 0 Å². The monoisotopic (exact) mass is 259 g/mol. The van der Waals surface area contributed by atoms with Crippen molar-refractivity contribution < 1.29 is 9.47 Å². The Labute approximate surface area is 114 Å². The number of unbranched alkanes of at least 4 members (excludes halogenated alkanes) is 5. The highest BCUT2D eigenvalue weighted by Crippen LogP contribution is 2.01. The second kappa shape index (κ2) is 16.9. The third-order valence-corrected chi connectivity index (χ3v) is 2.88. The van der Waals surface area contributed by atoms with E-state index in [-0.39, 0.29) is 0 Å². The quantitative estimate of drug-likeness (QED) is 0.457. The predicted octanol–water partition coefficient (Wildman–Crippen LogP) is 3.38. The zero-order valence-corrected chi connectivity index (χ0v) is 12.5. The molecule has 0 radical (unpaired) electrons. The van der Waals surface area contributed by atoms with Crippen molar-refractivity contribution in [3.05, 3.63) is 0 Å². The Bertz CT molecular complexity index is 126. The Kier molecular flexibility index (Phi) is 16.8. The molecule has 0 heterocycles. The highest BCUT2D eigenvalue weighted by Gasteiger charge is 1.91. The van der Waals surface area contributed by atoms with Crippen LogP contribution in [0.2, 0.25) is 0 Å². The summed E-state index contributed by atoms with van der Waals surface area (Å²) >= 11 is 0. The zero-order valence-electron chi connectivity index (χ0n) is 12.5. The van der Waals surface area contributed by atoms with Crippen LogP contribution in [-0.4, -0.2) is 39.5 Å². The lowest BCUT2D eigenvalue weighted by Crippen LogP contribution is -2.24. The second-order valence-electron chi connectivity index (χ2n) is 4.74. The van der Waals surface area contributed by atoms with Crippen LogP contribution in [0.25, 0.3) is 0 Å². The van der Waals surface area contributed by atoms with E-state index in [9.17, 15) is 0 Å². The molecule has 0 aliphatic rings. The van der Waals surface area contributed by atoms with Crippen LogP contribution in [0, 0.1) is 0 Å². The summed E-state index contributed by atoms with van der Waals surface area (Å²) in [5.74, 6) is 0. The summed E-state index contributed by atoms with van der Waals surface area (Å²) in [7, 11) is 0. The van der Waals surface area contributed by atoms with E-state index in [1.165, 1.54) is 44.9 Å². The molecule has 0 rings (SSSR count). The van der Waals surface area contributed by atoms with Crippen LogP contribution >= 0.6 is 0 Å². The summed E-state index contributed by atoms with van der Waals surface area (Å²) in [6.07, 6.45) is 8.92. The molecular weight excluding hydrogens is 226 g/mol. The maximum Gasteiger partial charge on any atom is 0.0590 e. The Morgan fingerprint density at radius 1 is 0.611 bits per heavy atom. The summed E-state index contributed by atoms with van der Waals surface area (Å²) < 4.78 is 11.0. The van der Waals surface area contributed by atoms with Crippen LogP contribution in [0.4, 0.5) is 0 Å². The first-order chi connectivity index (χ1) is 8.91. The Morgan fingerprint density at radius 2 is 1.17 bits per heavy atom. The van der Waals surface area contributed by atoms with Crippen LogP contribution in [0.3, 0.4) is 0 Å². The number of ether oxygens (including phenoxy) is 2. The maximum atomic E-state index is 5.56. The van der Waals surface area contributed by atoms with Gasteiger partial charge in [-0.15, -0.1) is 0 Å². The average molecular weight is 259 g/mol. The molecule has 0 saturated carbocycles. The van der Waals surface area contributed by atoms with E-state index in [2.05, 4.69) is 19.2 Å². The SMILES string of the molecule is CCCCCCCOCCNCCOCCCC. The molecule has 0 aliphatic heterocycles. The second-order valence-corrected chi connectivity index (χ2v) is 4.74. The van der Waals surface area contributed by atoms with Crippen LogP contribution < -0.4 is 5.32 Å². The Balaban J connectivity index is 2.86. The summed E-state index contributed by atoms with van der Waals surface area (Å²) in [6.45, 7) is 9.75. The molecule has 18 heavy (non-hydrogen) atoms. The summed E-state index contributed by atoms with van der Waals surface area (Å²) in [5, 5.41) is 3.32. The molecule has 0 fully saturated rings. The maximum absolute atomic E-state index is 5.56. The van der Waals surface area contributed by atoms with E-state index in [1.807, 2.05) is 0 Å². The number of hydrogen-bond donors (Lipinski definition) is 1. The summed E-state index contributed by atoms with van der Waals surface area (Å²) in [4.78, 5) is 0. The first-order valence-electron chi connectivity index (χ1n) is 7.78. The third-order valence-electron chi connectivity index (χ3n) is 2.88. The lowest BCUT2D eigenvalue weighted by Gasteiger charge is -2.07. The van der Waals surface area contributed by atoms with E-state index < -0.39 is 0 Å². The summed E-state index contributed by atoms with van der Waals surface area (Å²) in [6, 6.07) is 0. The first-order valence-corrected chi connectivity index (χ1v) is 7.78. The smallest absolute Gasteiger partial charge is 0.0590 e. The number of hydrogen-bond acceptors (Lipinski definition) is 3. The molecule has 0 unspecified atom stereocenters. The van der Waals surface area contributed by atoms with Crippen molar-refractivity contribution in [1.82, 2.24) is 5.32 Å². The topological polar surface area (TPSA) is 30.5 Å². The van der Waals surface area contributed by atoms with E-state index in [1.54, 1.807) is 0 Å². The van der Waals surface area contributed by atoms with Crippen molar-refractivity contribution in [2.45, 2.75) is 58.8 Å². The van der Waals surface area contributed by atoms with E-state index in [4.69, 9.17) is 9.47 Å². The minimum Gasteiger partial charge on any atom is -0.380 e. The lowest BCUT2D eigenvalue weighted by molar-refractivity contribution is 0.118. The minimum absolute atomic E-state index is 0.816. The minimum atomic E-state index is 0.816. The molecule has 0 aromatic heterocycles. The lowest BCUT2D eigenvalue weighted by atomic mass is 10.2. The van der Waals surface area contributed by atoms with Gasteiger partial charge in [0.15, 0.2) is 0 Å². The van der Waals surface area contributed by atoms with Crippen molar-refractivity contribution in [2.24, 2.45) is 0 Å². The van der Waals surface area contributed by atoms with Crippen LogP contribution in [0.15, 0.2) is 0 Å². The number of rotatable bonds is 15. The predicted molar refractivity (Wildman–Crippen MR) is 78.2 cm³/mol. The van der Waals surface area contributed by atoms with Crippen molar-refractivity contribution >= 4 is 0 Å². The molecule has 0 bridgehead atoms. The molecule has 3 nitrogen and oxygen atoms in total. The molecule has 0 spiro atoms. The van der Waals surface area contributed by atoms with E-state index in [0.29, 0.717) is 0 Å². The van der Waals surface area contributed by atoms with Gasteiger partial charge in [0, 0.05) is 26.3 Å². The molecule has 0 amide bonds. The Morgan fingerprint density at radius 3 is 1.78 bits per heavy atom. The molecule has 0 aromatic carbocycles. The molecule has 0 saturated heterocycles. The number of nitrogens with one attached hydrogen (secondary N) is 1. The van der Waals surface area contributed by atoms with Gasteiger partial charge in [0.05, 0.1) is 13.2 Å². The van der Waals surface area contributed by atoms with Gasteiger partial charge in [-0.25, -0.2) is 0 Å². The first kappa shape index (κ1) is 17.9. The standard InChI is InChI=1S/C15H33NO2/c1-3-5-7-8-9-13-18-15-11-16-10-14-17-12-6-4-2/h16H,3-15H2,1-2H3. The van der Waals surface area contributed by atoms with Gasteiger partial charge < -0.3 is 14.8 Å². The fourth-order valence-corrected chi connectivity index (χ4v) is 1.67. The molecule has 1 N–H and O–H groups in total. The van der Waals surface area contributed by atoms with Gasteiger partial charge in [-0.3, -0.25) is 0 Å². The van der Waals surface area contributed by atoms with Crippen LogP contribution in [0.5, 0.6) is 0 Å². The van der Waals surface area contributed by atoms with Gasteiger partial charge in [-0.05, 0) is 12.8 Å². The molecule has 0 aromatic rings. The largest absolute Gasteiger partial charge is 0.380 e. The average Bonchev–Trinajstić information content (AvgIpc) is 2.39. The van der Waals surface area contributed by atoms with Crippen molar-refractivity contribution in [3.8, 4) is 0 Å². The van der Waals surface area contributed by atoms with Gasteiger partial charge >= 0.3 is 0 Å². The molecule has 3 heteroatoms. The van der Waals surface area contributed by atoms with Gasteiger partial charge in [0.2, 0.25) is 0 Å². The normalized spacial score (nSPS) is 11.0.